The van der Waals surface area contributed by atoms with E-state index in [-0.39, 0.29) is 0 Å². The van der Waals surface area contributed by atoms with Crippen LogP contribution in [-0.2, 0) is 0 Å². The Balaban J connectivity index is 1.94. The van der Waals surface area contributed by atoms with Gasteiger partial charge in [-0.15, -0.1) is 0 Å². The number of hydrogen-bond donors (Lipinski definition) is 2. The van der Waals surface area contributed by atoms with Crippen LogP contribution in [0.3, 0.4) is 0 Å². The molecule has 0 amide bonds. The van der Waals surface area contributed by atoms with Crippen LogP contribution in [0.15, 0.2) is 24.3 Å². The second-order valence-electron chi connectivity index (χ2n) is 4.75. The Morgan fingerprint density at radius 1 is 1.35 bits per heavy atom. The number of hydrogen-bond acceptors (Lipinski definition) is 3. The minimum Gasteiger partial charge on any atom is -0.497 e. The highest BCUT2D eigenvalue weighted by Gasteiger charge is 2.19. The number of ether oxygens (including phenoxy) is 1. The van der Waals surface area contributed by atoms with Gasteiger partial charge in [0.1, 0.15) is 5.75 Å². The molecule has 0 radical (unpaired) electrons. The van der Waals surface area contributed by atoms with E-state index in [1.165, 1.54) is 12.8 Å². The number of piperidine rings is 1. The van der Waals surface area contributed by atoms with E-state index in [1.54, 1.807) is 7.11 Å². The molecule has 1 aromatic carbocycles. The Bertz CT molecular complexity index is 348. The fourth-order valence-corrected chi connectivity index (χ4v) is 2.44. The lowest BCUT2D eigenvalue weighted by Crippen LogP contribution is -2.36. The third kappa shape index (κ3) is 3.37. The summed E-state index contributed by atoms with van der Waals surface area (Å²) in [7, 11) is 1.70. The maximum absolute atomic E-state index is 5.23. The lowest BCUT2D eigenvalue weighted by Gasteiger charge is -2.29. The molecule has 0 saturated carbocycles. The van der Waals surface area contributed by atoms with Crippen LogP contribution in [0.5, 0.6) is 5.75 Å². The van der Waals surface area contributed by atoms with E-state index in [1.807, 2.05) is 12.1 Å². The van der Waals surface area contributed by atoms with Crippen molar-refractivity contribution < 1.29 is 4.74 Å². The smallest absolute Gasteiger partial charge is 0.120 e. The Kier molecular flexibility index (Phi) is 4.26. The highest BCUT2D eigenvalue weighted by atomic mass is 16.5. The largest absolute Gasteiger partial charge is 0.497 e. The molecule has 2 N–H and O–H groups in total. The van der Waals surface area contributed by atoms with Crippen LogP contribution in [-0.4, -0.2) is 26.2 Å². The van der Waals surface area contributed by atoms with Crippen LogP contribution in [0, 0.1) is 5.92 Å². The van der Waals surface area contributed by atoms with E-state index in [0.29, 0.717) is 6.04 Å². The van der Waals surface area contributed by atoms with Gasteiger partial charge in [0.05, 0.1) is 7.11 Å². The first-order valence-corrected chi connectivity index (χ1v) is 6.41. The summed E-state index contributed by atoms with van der Waals surface area (Å²) in [6, 6.07) is 8.66. The van der Waals surface area contributed by atoms with Crippen molar-refractivity contribution in [1.29, 1.82) is 0 Å². The summed E-state index contributed by atoms with van der Waals surface area (Å²) in [6.07, 6.45) is 2.52. The Morgan fingerprint density at radius 2 is 2.12 bits per heavy atom. The fraction of sp³-hybridized carbons (Fsp3) is 0.571. The van der Waals surface area contributed by atoms with E-state index in [2.05, 4.69) is 29.7 Å². The fourth-order valence-electron chi connectivity index (χ4n) is 2.44. The van der Waals surface area contributed by atoms with Gasteiger partial charge in [0, 0.05) is 17.8 Å². The van der Waals surface area contributed by atoms with Gasteiger partial charge in [-0.1, -0.05) is 6.07 Å². The number of nitrogens with one attached hydrogen (secondary N) is 2. The summed E-state index contributed by atoms with van der Waals surface area (Å²) in [5.74, 6) is 1.68. The molecule has 0 spiro atoms. The van der Waals surface area contributed by atoms with Crippen molar-refractivity contribution in [3.05, 3.63) is 24.3 Å². The van der Waals surface area contributed by atoms with E-state index in [9.17, 15) is 0 Å². The molecule has 94 valence electrons. The first-order valence-electron chi connectivity index (χ1n) is 6.41. The van der Waals surface area contributed by atoms with Crippen LogP contribution in [0.25, 0.3) is 0 Å². The van der Waals surface area contributed by atoms with E-state index < -0.39 is 0 Å². The minimum atomic E-state index is 0.518. The highest BCUT2D eigenvalue weighted by molar-refractivity contribution is 5.48. The zero-order valence-corrected chi connectivity index (χ0v) is 10.7. The molecule has 1 atom stereocenters. The molecule has 1 aliphatic rings. The second kappa shape index (κ2) is 5.92. The van der Waals surface area contributed by atoms with Gasteiger partial charge in [0.25, 0.3) is 0 Å². The zero-order valence-electron chi connectivity index (χ0n) is 10.7. The van der Waals surface area contributed by atoms with Crippen LogP contribution in [0.1, 0.15) is 19.8 Å². The molecule has 1 unspecified atom stereocenters. The first-order chi connectivity index (χ1) is 8.29. The molecule has 17 heavy (non-hydrogen) atoms. The molecule has 1 heterocycles. The molecule has 0 aliphatic carbocycles. The number of benzene rings is 1. The zero-order chi connectivity index (χ0) is 12.1. The SMILES string of the molecule is COc1cccc(NC(C)C2CCNCC2)c1. The number of rotatable bonds is 4. The average Bonchev–Trinajstić information content (AvgIpc) is 2.40. The summed E-state index contributed by atoms with van der Waals surface area (Å²) in [4.78, 5) is 0. The highest BCUT2D eigenvalue weighted by Crippen LogP contribution is 2.22. The topological polar surface area (TPSA) is 33.3 Å². The van der Waals surface area contributed by atoms with Crippen molar-refractivity contribution in [2.75, 3.05) is 25.5 Å². The van der Waals surface area contributed by atoms with E-state index in [4.69, 9.17) is 4.74 Å². The van der Waals surface area contributed by atoms with Crippen molar-refractivity contribution in [1.82, 2.24) is 5.32 Å². The summed E-state index contributed by atoms with van der Waals surface area (Å²) in [6.45, 7) is 4.57. The van der Waals surface area contributed by atoms with Gasteiger partial charge in [-0.25, -0.2) is 0 Å². The monoisotopic (exact) mass is 234 g/mol. The molecular formula is C14H22N2O. The maximum Gasteiger partial charge on any atom is 0.120 e. The summed E-state index contributed by atoms with van der Waals surface area (Å²) in [5, 5.41) is 6.98. The summed E-state index contributed by atoms with van der Waals surface area (Å²) >= 11 is 0. The van der Waals surface area contributed by atoms with Gasteiger partial charge in [-0.2, -0.15) is 0 Å². The molecule has 2 rings (SSSR count). The van der Waals surface area contributed by atoms with E-state index in [0.717, 1.165) is 30.4 Å². The molecule has 1 fully saturated rings. The van der Waals surface area contributed by atoms with Gasteiger partial charge >= 0.3 is 0 Å². The third-order valence-corrected chi connectivity index (χ3v) is 3.55. The van der Waals surface area contributed by atoms with Gasteiger partial charge in [-0.3, -0.25) is 0 Å². The normalized spacial score (nSPS) is 18.7. The molecule has 3 heteroatoms. The molecule has 1 saturated heterocycles. The van der Waals surface area contributed by atoms with Crippen LogP contribution in [0.4, 0.5) is 5.69 Å². The van der Waals surface area contributed by atoms with Crippen molar-refractivity contribution in [3.63, 3.8) is 0 Å². The number of methoxy groups -OCH3 is 1. The van der Waals surface area contributed by atoms with Crippen LogP contribution in [0.2, 0.25) is 0 Å². The Labute approximate surface area is 104 Å². The molecule has 3 nitrogen and oxygen atoms in total. The molecule has 0 bridgehead atoms. The lowest BCUT2D eigenvalue weighted by atomic mass is 9.91. The van der Waals surface area contributed by atoms with E-state index >= 15 is 0 Å². The molecule has 0 aromatic heterocycles. The third-order valence-electron chi connectivity index (χ3n) is 3.55. The quantitative estimate of drug-likeness (QED) is 0.839. The van der Waals surface area contributed by atoms with Crippen molar-refractivity contribution >= 4 is 5.69 Å². The first kappa shape index (κ1) is 12.2. The predicted molar refractivity (Wildman–Crippen MR) is 71.7 cm³/mol. The molecule has 1 aliphatic heterocycles. The van der Waals surface area contributed by atoms with Crippen molar-refractivity contribution in [2.24, 2.45) is 5.92 Å². The van der Waals surface area contributed by atoms with Gasteiger partial charge < -0.3 is 15.4 Å². The molecular weight excluding hydrogens is 212 g/mol. The van der Waals surface area contributed by atoms with Crippen LogP contribution >= 0.6 is 0 Å². The Morgan fingerprint density at radius 3 is 2.82 bits per heavy atom. The predicted octanol–water partition coefficient (Wildman–Crippen LogP) is 2.50. The summed E-state index contributed by atoms with van der Waals surface area (Å²) < 4.78 is 5.23. The van der Waals surface area contributed by atoms with Crippen molar-refractivity contribution in [3.8, 4) is 5.75 Å². The van der Waals surface area contributed by atoms with Gasteiger partial charge in [-0.05, 0) is 50.9 Å². The minimum absolute atomic E-state index is 0.518. The van der Waals surface area contributed by atoms with Gasteiger partial charge in [0.15, 0.2) is 0 Å². The second-order valence-corrected chi connectivity index (χ2v) is 4.75. The maximum atomic E-state index is 5.23. The number of anilines is 1. The molecule has 1 aromatic rings. The van der Waals surface area contributed by atoms with Crippen molar-refractivity contribution in [2.45, 2.75) is 25.8 Å². The summed E-state index contributed by atoms with van der Waals surface area (Å²) in [5.41, 5.74) is 1.15. The average molecular weight is 234 g/mol. The standard InChI is InChI=1S/C14H22N2O/c1-11(12-6-8-15-9-7-12)16-13-4-3-5-14(10-13)17-2/h3-5,10-12,15-16H,6-9H2,1-2H3. The lowest BCUT2D eigenvalue weighted by molar-refractivity contribution is 0.343. The van der Waals surface area contributed by atoms with Crippen LogP contribution < -0.4 is 15.4 Å². The Hall–Kier alpha value is -1.22. The van der Waals surface area contributed by atoms with Gasteiger partial charge in [0.2, 0.25) is 0 Å².